The number of sulfonamides is 1. The quantitative estimate of drug-likeness (QED) is 0.813. The van der Waals surface area contributed by atoms with Gasteiger partial charge in [0.1, 0.15) is 6.10 Å². The van der Waals surface area contributed by atoms with Crippen molar-refractivity contribution in [3.05, 3.63) is 29.3 Å². The van der Waals surface area contributed by atoms with E-state index in [1.165, 1.54) is 7.05 Å². The topological polar surface area (TPSA) is 58.7 Å². The average molecular weight is 241 g/mol. The number of nitrogens with one attached hydrogen (secondary N) is 1. The molecule has 1 saturated heterocycles. The Morgan fingerprint density at radius 2 is 2.00 bits per heavy atom. The van der Waals surface area contributed by atoms with Crippen LogP contribution in [0.5, 0.6) is 0 Å². The SMILES string of the molecule is CNS(=O)(=O)c1ccc(C)c(C2OC2C)c1. The van der Waals surface area contributed by atoms with Gasteiger partial charge in [0.05, 0.1) is 11.0 Å². The molecular formula is C11H15NO3S. The minimum atomic E-state index is -3.37. The summed E-state index contributed by atoms with van der Waals surface area (Å²) >= 11 is 0. The maximum absolute atomic E-state index is 11.6. The fraction of sp³-hybridized carbons (Fsp3) is 0.455. The Balaban J connectivity index is 2.44. The van der Waals surface area contributed by atoms with E-state index in [9.17, 15) is 8.42 Å². The summed E-state index contributed by atoms with van der Waals surface area (Å²) < 4.78 is 31.0. The first-order chi connectivity index (χ1) is 7.45. The van der Waals surface area contributed by atoms with Gasteiger partial charge in [-0.1, -0.05) is 6.07 Å². The number of hydrogen-bond acceptors (Lipinski definition) is 3. The maximum Gasteiger partial charge on any atom is 0.240 e. The Morgan fingerprint density at radius 3 is 2.50 bits per heavy atom. The van der Waals surface area contributed by atoms with Crippen LogP contribution in [0.4, 0.5) is 0 Å². The van der Waals surface area contributed by atoms with Crippen molar-refractivity contribution in [3.8, 4) is 0 Å². The van der Waals surface area contributed by atoms with Crippen LogP contribution in [0.1, 0.15) is 24.2 Å². The lowest BCUT2D eigenvalue weighted by atomic mass is 10.0. The Hall–Kier alpha value is -0.910. The van der Waals surface area contributed by atoms with E-state index in [4.69, 9.17) is 4.74 Å². The van der Waals surface area contributed by atoms with Crippen LogP contribution in [0.15, 0.2) is 23.1 Å². The van der Waals surface area contributed by atoms with Gasteiger partial charge in [-0.3, -0.25) is 0 Å². The molecule has 0 amide bonds. The van der Waals surface area contributed by atoms with Crippen molar-refractivity contribution in [2.45, 2.75) is 31.0 Å². The van der Waals surface area contributed by atoms with E-state index in [-0.39, 0.29) is 12.2 Å². The Kier molecular flexibility index (Phi) is 2.77. The molecule has 2 unspecified atom stereocenters. The highest BCUT2D eigenvalue weighted by Crippen LogP contribution is 2.40. The van der Waals surface area contributed by atoms with Crippen LogP contribution in [0.2, 0.25) is 0 Å². The van der Waals surface area contributed by atoms with Crippen LogP contribution in [-0.2, 0) is 14.8 Å². The van der Waals surface area contributed by atoms with E-state index in [0.29, 0.717) is 4.90 Å². The fourth-order valence-corrected chi connectivity index (χ4v) is 2.49. The summed E-state index contributed by atoms with van der Waals surface area (Å²) in [5.41, 5.74) is 2.02. The third-order valence-electron chi connectivity index (χ3n) is 2.85. The number of epoxide rings is 1. The van der Waals surface area contributed by atoms with Crippen LogP contribution in [0.3, 0.4) is 0 Å². The van der Waals surface area contributed by atoms with E-state index in [0.717, 1.165) is 11.1 Å². The van der Waals surface area contributed by atoms with Gasteiger partial charge in [0.15, 0.2) is 0 Å². The minimum absolute atomic E-state index is 0.0482. The maximum atomic E-state index is 11.6. The van der Waals surface area contributed by atoms with Gasteiger partial charge < -0.3 is 4.74 Å². The molecule has 2 atom stereocenters. The van der Waals surface area contributed by atoms with Crippen molar-refractivity contribution < 1.29 is 13.2 Å². The molecule has 0 bridgehead atoms. The smallest absolute Gasteiger partial charge is 0.240 e. The molecule has 0 aliphatic carbocycles. The van der Waals surface area contributed by atoms with Crippen molar-refractivity contribution in [3.63, 3.8) is 0 Å². The summed E-state index contributed by atoms with van der Waals surface area (Å²) in [5.74, 6) is 0. The molecule has 1 N–H and O–H groups in total. The van der Waals surface area contributed by atoms with Gasteiger partial charge in [0.25, 0.3) is 0 Å². The monoisotopic (exact) mass is 241 g/mol. The first-order valence-electron chi connectivity index (χ1n) is 5.15. The molecule has 5 heteroatoms. The van der Waals surface area contributed by atoms with Gasteiger partial charge in [0.2, 0.25) is 10.0 Å². The summed E-state index contributed by atoms with van der Waals surface area (Å²) in [6, 6.07) is 5.11. The summed E-state index contributed by atoms with van der Waals surface area (Å²) in [6.45, 7) is 3.93. The fourth-order valence-electron chi connectivity index (χ4n) is 1.72. The average Bonchev–Trinajstić information content (AvgIpc) is 2.96. The van der Waals surface area contributed by atoms with Crippen molar-refractivity contribution in [1.29, 1.82) is 0 Å². The molecule has 1 aliphatic rings. The van der Waals surface area contributed by atoms with Gasteiger partial charge in [-0.05, 0) is 44.2 Å². The molecule has 1 heterocycles. The standard InChI is InChI=1S/C11H15NO3S/c1-7-4-5-9(16(13,14)12-3)6-10(7)11-8(2)15-11/h4-6,8,11-12H,1-3H3. The second-order valence-corrected chi connectivity index (χ2v) is 5.87. The molecule has 16 heavy (non-hydrogen) atoms. The van der Waals surface area contributed by atoms with Crippen LogP contribution < -0.4 is 4.72 Å². The van der Waals surface area contributed by atoms with Crippen molar-refractivity contribution in [1.82, 2.24) is 4.72 Å². The highest BCUT2D eigenvalue weighted by Gasteiger charge is 2.37. The first-order valence-corrected chi connectivity index (χ1v) is 6.63. The molecule has 1 aromatic rings. The molecular weight excluding hydrogens is 226 g/mol. The Labute approximate surface area is 95.7 Å². The van der Waals surface area contributed by atoms with Crippen LogP contribution in [0, 0.1) is 6.92 Å². The molecule has 88 valence electrons. The number of aryl methyl sites for hydroxylation is 1. The van der Waals surface area contributed by atoms with Gasteiger partial charge in [-0.25, -0.2) is 13.1 Å². The summed E-state index contributed by atoms with van der Waals surface area (Å²) in [7, 11) is -1.96. The minimum Gasteiger partial charge on any atom is -0.365 e. The highest BCUT2D eigenvalue weighted by molar-refractivity contribution is 7.89. The van der Waals surface area contributed by atoms with Crippen molar-refractivity contribution in [2.24, 2.45) is 0 Å². The zero-order valence-electron chi connectivity index (χ0n) is 9.52. The lowest BCUT2D eigenvalue weighted by molar-refractivity contribution is 0.382. The second-order valence-electron chi connectivity index (χ2n) is 3.99. The van der Waals surface area contributed by atoms with E-state index in [2.05, 4.69) is 4.72 Å². The normalized spacial score (nSPS) is 24.4. The van der Waals surface area contributed by atoms with Gasteiger partial charge in [-0.2, -0.15) is 0 Å². The van der Waals surface area contributed by atoms with Crippen LogP contribution in [-0.4, -0.2) is 21.6 Å². The summed E-state index contributed by atoms with van der Waals surface area (Å²) in [5, 5.41) is 0. The summed E-state index contributed by atoms with van der Waals surface area (Å²) in [6.07, 6.45) is 0.234. The number of hydrogen-bond donors (Lipinski definition) is 1. The molecule has 0 radical (unpaired) electrons. The van der Waals surface area contributed by atoms with Crippen LogP contribution >= 0.6 is 0 Å². The van der Waals surface area contributed by atoms with Crippen molar-refractivity contribution >= 4 is 10.0 Å². The third kappa shape index (κ3) is 1.98. The lowest BCUT2D eigenvalue weighted by Gasteiger charge is -2.07. The molecule has 0 spiro atoms. The molecule has 0 aromatic heterocycles. The molecule has 1 fully saturated rings. The van der Waals surface area contributed by atoms with E-state index in [1.54, 1.807) is 12.1 Å². The molecule has 2 rings (SSSR count). The third-order valence-corrected chi connectivity index (χ3v) is 4.26. The lowest BCUT2D eigenvalue weighted by Crippen LogP contribution is -2.18. The zero-order chi connectivity index (χ0) is 11.9. The van der Waals surface area contributed by atoms with E-state index < -0.39 is 10.0 Å². The second kappa shape index (κ2) is 3.84. The Bertz CT molecular complexity index is 510. The molecule has 1 aliphatic heterocycles. The highest BCUT2D eigenvalue weighted by atomic mass is 32.2. The number of benzene rings is 1. The largest absolute Gasteiger partial charge is 0.365 e. The molecule has 4 nitrogen and oxygen atoms in total. The summed E-state index contributed by atoms with van der Waals surface area (Å²) in [4.78, 5) is 0.290. The number of ether oxygens (including phenoxy) is 1. The Morgan fingerprint density at radius 1 is 1.38 bits per heavy atom. The van der Waals surface area contributed by atoms with Gasteiger partial charge >= 0.3 is 0 Å². The predicted molar refractivity (Wildman–Crippen MR) is 60.7 cm³/mol. The van der Waals surface area contributed by atoms with Crippen LogP contribution in [0.25, 0.3) is 0 Å². The van der Waals surface area contributed by atoms with E-state index in [1.807, 2.05) is 19.9 Å². The van der Waals surface area contributed by atoms with Gasteiger partial charge in [-0.15, -0.1) is 0 Å². The van der Waals surface area contributed by atoms with E-state index >= 15 is 0 Å². The molecule has 0 saturated carbocycles. The molecule has 1 aromatic carbocycles. The van der Waals surface area contributed by atoms with Crippen molar-refractivity contribution in [2.75, 3.05) is 7.05 Å². The zero-order valence-corrected chi connectivity index (χ0v) is 10.3. The first kappa shape index (κ1) is 11.6. The van der Waals surface area contributed by atoms with Gasteiger partial charge in [0, 0.05) is 0 Å². The number of rotatable bonds is 3. The predicted octanol–water partition coefficient (Wildman–Crippen LogP) is 1.36.